The fourth-order valence-electron chi connectivity index (χ4n) is 1.78. The SMILES string of the molecule is CNC(CO)CCOc1c(C)ccc(C)c1C. The van der Waals surface area contributed by atoms with Crippen LogP contribution >= 0.6 is 0 Å². The topological polar surface area (TPSA) is 41.5 Å². The number of benzene rings is 1. The highest BCUT2D eigenvalue weighted by molar-refractivity contribution is 5.44. The minimum atomic E-state index is 0.112. The van der Waals surface area contributed by atoms with Crippen molar-refractivity contribution in [2.45, 2.75) is 33.2 Å². The zero-order valence-corrected chi connectivity index (χ0v) is 11.2. The van der Waals surface area contributed by atoms with E-state index in [1.807, 2.05) is 7.05 Å². The summed E-state index contributed by atoms with van der Waals surface area (Å²) in [5, 5.41) is 12.1. The van der Waals surface area contributed by atoms with Crippen LogP contribution in [0, 0.1) is 20.8 Å². The van der Waals surface area contributed by atoms with Crippen LogP contribution in [0.3, 0.4) is 0 Å². The molecule has 0 saturated heterocycles. The second-order valence-electron chi connectivity index (χ2n) is 4.46. The van der Waals surface area contributed by atoms with E-state index in [4.69, 9.17) is 9.84 Å². The van der Waals surface area contributed by atoms with Crippen molar-refractivity contribution in [1.82, 2.24) is 5.32 Å². The number of hydrogen-bond donors (Lipinski definition) is 2. The number of hydrogen-bond acceptors (Lipinski definition) is 3. The lowest BCUT2D eigenvalue weighted by Gasteiger charge is -2.17. The Bertz CT molecular complexity index is 359. The van der Waals surface area contributed by atoms with Crippen molar-refractivity contribution in [1.29, 1.82) is 0 Å². The van der Waals surface area contributed by atoms with Gasteiger partial charge in [-0.15, -0.1) is 0 Å². The summed E-state index contributed by atoms with van der Waals surface area (Å²) in [4.78, 5) is 0. The van der Waals surface area contributed by atoms with Gasteiger partial charge in [0.1, 0.15) is 5.75 Å². The van der Waals surface area contributed by atoms with Crippen LogP contribution < -0.4 is 10.1 Å². The predicted octanol–water partition coefficient (Wildman–Crippen LogP) is 1.96. The summed E-state index contributed by atoms with van der Waals surface area (Å²) >= 11 is 0. The van der Waals surface area contributed by atoms with Crippen molar-refractivity contribution >= 4 is 0 Å². The largest absolute Gasteiger partial charge is 0.493 e. The van der Waals surface area contributed by atoms with E-state index in [9.17, 15) is 0 Å². The Labute approximate surface area is 104 Å². The van der Waals surface area contributed by atoms with E-state index in [2.05, 4.69) is 38.2 Å². The molecular formula is C14H23NO2. The monoisotopic (exact) mass is 237 g/mol. The first-order chi connectivity index (χ1) is 8.10. The molecule has 96 valence electrons. The number of aryl methyl sites for hydroxylation is 2. The molecule has 3 nitrogen and oxygen atoms in total. The van der Waals surface area contributed by atoms with E-state index in [1.165, 1.54) is 11.1 Å². The Morgan fingerprint density at radius 1 is 1.24 bits per heavy atom. The van der Waals surface area contributed by atoms with Gasteiger partial charge >= 0.3 is 0 Å². The van der Waals surface area contributed by atoms with Gasteiger partial charge < -0.3 is 15.2 Å². The third-order valence-corrected chi connectivity index (χ3v) is 3.21. The third-order valence-electron chi connectivity index (χ3n) is 3.21. The molecule has 0 spiro atoms. The zero-order chi connectivity index (χ0) is 12.8. The van der Waals surface area contributed by atoms with Crippen LogP contribution in [0.15, 0.2) is 12.1 Å². The van der Waals surface area contributed by atoms with Crippen molar-refractivity contribution in [3.8, 4) is 5.75 Å². The molecule has 0 bridgehead atoms. The third kappa shape index (κ3) is 3.72. The molecule has 1 aromatic rings. The molecule has 1 rings (SSSR count). The van der Waals surface area contributed by atoms with Crippen molar-refractivity contribution in [2.24, 2.45) is 0 Å². The number of ether oxygens (including phenoxy) is 1. The van der Waals surface area contributed by atoms with Gasteiger partial charge in [-0.25, -0.2) is 0 Å². The van der Waals surface area contributed by atoms with Crippen molar-refractivity contribution < 1.29 is 9.84 Å². The second-order valence-corrected chi connectivity index (χ2v) is 4.46. The summed E-state index contributed by atoms with van der Waals surface area (Å²) in [6, 6.07) is 4.31. The van der Waals surface area contributed by atoms with Gasteiger partial charge in [0.2, 0.25) is 0 Å². The summed E-state index contributed by atoms with van der Waals surface area (Å²) in [7, 11) is 1.85. The highest BCUT2D eigenvalue weighted by Crippen LogP contribution is 2.25. The van der Waals surface area contributed by atoms with E-state index in [0.29, 0.717) is 6.61 Å². The molecule has 17 heavy (non-hydrogen) atoms. The molecule has 0 aliphatic heterocycles. The summed E-state index contributed by atoms with van der Waals surface area (Å²) in [6.07, 6.45) is 0.805. The molecule has 0 aromatic heterocycles. The van der Waals surface area contributed by atoms with Gasteiger partial charge in [0.15, 0.2) is 0 Å². The van der Waals surface area contributed by atoms with Crippen LogP contribution in [0.4, 0.5) is 0 Å². The highest BCUT2D eigenvalue weighted by Gasteiger charge is 2.08. The molecule has 0 fully saturated rings. The molecule has 2 N–H and O–H groups in total. The smallest absolute Gasteiger partial charge is 0.125 e. The highest BCUT2D eigenvalue weighted by atomic mass is 16.5. The Kier molecular flexibility index (Phi) is 5.45. The number of likely N-dealkylation sites (N-methyl/N-ethyl adjacent to an activating group) is 1. The lowest BCUT2D eigenvalue weighted by molar-refractivity contribution is 0.213. The van der Waals surface area contributed by atoms with Gasteiger partial charge in [-0.1, -0.05) is 12.1 Å². The first-order valence-corrected chi connectivity index (χ1v) is 6.07. The first kappa shape index (κ1) is 14.0. The average molecular weight is 237 g/mol. The fraction of sp³-hybridized carbons (Fsp3) is 0.571. The van der Waals surface area contributed by atoms with Gasteiger partial charge in [-0.3, -0.25) is 0 Å². The minimum Gasteiger partial charge on any atom is -0.493 e. The Morgan fingerprint density at radius 2 is 1.88 bits per heavy atom. The molecule has 0 radical (unpaired) electrons. The van der Waals surface area contributed by atoms with Crippen LogP contribution in [0.25, 0.3) is 0 Å². The molecule has 1 atom stereocenters. The maximum Gasteiger partial charge on any atom is 0.125 e. The lowest BCUT2D eigenvalue weighted by Crippen LogP contribution is -2.30. The van der Waals surface area contributed by atoms with Crippen LogP contribution in [-0.2, 0) is 0 Å². The Balaban J connectivity index is 2.60. The molecule has 0 aliphatic carbocycles. The van der Waals surface area contributed by atoms with E-state index in [1.54, 1.807) is 0 Å². The Morgan fingerprint density at radius 3 is 2.47 bits per heavy atom. The number of nitrogens with one attached hydrogen (secondary N) is 1. The van der Waals surface area contributed by atoms with Gasteiger partial charge in [0, 0.05) is 6.04 Å². The molecule has 0 amide bonds. The van der Waals surface area contributed by atoms with Gasteiger partial charge in [0.05, 0.1) is 13.2 Å². The van der Waals surface area contributed by atoms with Crippen LogP contribution in [0.5, 0.6) is 5.75 Å². The molecular weight excluding hydrogens is 214 g/mol. The number of aliphatic hydroxyl groups excluding tert-OH is 1. The minimum absolute atomic E-state index is 0.112. The summed E-state index contributed by atoms with van der Waals surface area (Å²) in [5.41, 5.74) is 3.62. The van der Waals surface area contributed by atoms with Crippen molar-refractivity contribution in [3.05, 3.63) is 28.8 Å². The van der Waals surface area contributed by atoms with E-state index >= 15 is 0 Å². The van der Waals surface area contributed by atoms with E-state index in [0.717, 1.165) is 17.7 Å². The molecule has 3 heteroatoms. The maximum absolute atomic E-state index is 9.06. The van der Waals surface area contributed by atoms with Crippen LogP contribution in [0.1, 0.15) is 23.1 Å². The molecule has 1 unspecified atom stereocenters. The molecule has 0 heterocycles. The molecule has 0 saturated carbocycles. The molecule has 0 aliphatic rings. The fourth-order valence-corrected chi connectivity index (χ4v) is 1.78. The van der Waals surface area contributed by atoms with Gasteiger partial charge in [0.25, 0.3) is 0 Å². The summed E-state index contributed by atoms with van der Waals surface area (Å²) in [5.74, 6) is 0.984. The maximum atomic E-state index is 9.06. The lowest BCUT2D eigenvalue weighted by atomic mass is 10.1. The predicted molar refractivity (Wildman–Crippen MR) is 70.7 cm³/mol. The Hall–Kier alpha value is -1.06. The van der Waals surface area contributed by atoms with Crippen LogP contribution in [0.2, 0.25) is 0 Å². The van der Waals surface area contributed by atoms with Gasteiger partial charge in [-0.05, 0) is 50.9 Å². The van der Waals surface area contributed by atoms with Gasteiger partial charge in [-0.2, -0.15) is 0 Å². The number of rotatable bonds is 6. The van der Waals surface area contributed by atoms with Crippen molar-refractivity contribution in [2.75, 3.05) is 20.3 Å². The number of aliphatic hydroxyl groups is 1. The normalized spacial score (nSPS) is 12.5. The average Bonchev–Trinajstić information content (AvgIpc) is 2.33. The van der Waals surface area contributed by atoms with Crippen LogP contribution in [-0.4, -0.2) is 31.4 Å². The van der Waals surface area contributed by atoms with Crippen molar-refractivity contribution in [3.63, 3.8) is 0 Å². The standard InChI is InChI=1S/C14H23NO2/c1-10-5-6-11(2)14(12(10)3)17-8-7-13(9-16)15-4/h5-6,13,15-16H,7-9H2,1-4H3. The zero-order valence-electron chi connectivity index (χ0n) is 11.2. The summed E-state index contributed by atoms with van der Waals surface area (Å²) in [6.45, 7) is 7.00. The van der Waals surface area contributed by atoms with E-state index in [-0.39, 0.29) is 12.6 Å². The summed E-state index contributed by atoms with van der Waals surface area (Å²) < 4.78 is 5.83. The first-order valence-electron chi connectivity index (χ1n) is 6.07. The quantitative estimate of drug-likeness (QED) is 0.794. The molecule has 1 aromatic carbocycles. The second kappa shape index (κ2) is 6.62. The van der Waals surface area contributed by atoms with E-state index < -0.39 is 0 Å².